The van der Waals surface area contributed by atoms with Crippen LogP contribution in [0, 0.1) is 23.2 Å². The molecule has 0 spiro atoms. The van der Waals surface area contributed by atoms with E-state index in [-0.39, 0.29) is 0 Å². The van der Waals surface area contributed by atoms with Crippen LogP contribution >= 0.6 is 7.60 Å². The van der Waals surface area contributed by atoms with E-state index in [9.17, 15) is 4.57 Å². The molecule has 4 fully saturated rings. The maximum Gasteiger partial charge on any atom is 0.330 e. The van der Waals surface area contributed by atoms with Crippen molar-refractivity contribution in [3.05, 3.63) is 0 Å². The van der Waals surface area contributed by atoms with Crippen LogP contribution < -0.4 is 0 Å². The van der Waals surface area contributed by atoms with Crippen LogP contribution in [0.15, 0.2) is 0 Å². The second kappa shape index (κ2) is 8.89. The highest BCUT2D eigenvalue weighted by atomic mass is 31.2. The molecule has 0 aromatic heterocycles. The van der Waals surface area contributed by atoms with E-state index < -0.39 is 7.60 Å². The first-order chi connectivity index (χ1) is 12.1. The number of hydrogen-bond acceptors (Lipinski definition) is 3. The lowest BCUT2D eigenvalue weighted by Crippen LogP contribution is -2.48. The molecule has 4 heteroatoms. The fraction of sp³-hybridized carbons (Fsp3) is 1.00. The second-order valence-electron chi connectivity index (χ2n) is 9.27. The molecule has 1 unspecified atom stereocenters. The van der Waals surface area contributed by atoms with Gasteiger partial charge in [-0.3, -0.25) is 4.57 Å². The minimum atomic E-state index is -2.91. The van der Waals surface area contributed by atoms with Crippen LogP contribution in [0.25, 0.3) is 0 Å². The molecular formula is C21H39O3P. The van der Waals surface area contributed by atoms with E-state index in [2.05, 4.69) is 13.8 Å². The second-order valence-corrected chi connectivity index (χ2v) is 11.5. The van der Waals surface area contributed by atoms with E-state index in [0.29, 0.717) is 24.8 Å². The smallest absolute Gasteiger partial charge is 0.309 e. The molecule has 4 bridgehead atoms. The Bertz CT molecular complexity index is 427. The maximum absolute atomic E-state index is 13.3. The van der Waals surface area contributed by atoms with Gasteiger partial charge < -0.3 is 9.05 Å². The number of unbranched alkanes of at least 4 members (excludes halogenated alkanes) is 4. The molecule has 4 aliphatic rings. The SMILES string of the molecule is CCCCCCOP(=O)(CCCC)OCC12CC3CC(CC(C3)C1)C2. The van der Waals surface area contributed by atoms with E-state index in [0.717, 1.165) is 37.0 Å². The van der Waals surface area contributed by atoms with Crippen LogP contribution in [0.3, 0.4) is 0 Å². The number of rotatable bonds is 12. The summed E-state index contributed by atoms with van der Waals surface area (Å²) in [7, 11) is -2.91. The summed E-state index contributed by atoms with van der Waals surface area (Å²) in [6.07, 6.45) is 15.5. The van der Waals surface area contributed by atoms with E-state index in [1.165, 1.54) is 57.8 Å². The summed E-state index contributed by atoms with van der Waals surface area (Å²) < 4.78 is 25.3. The van der Waals surface area contributed by atoms with Gasteiger partial charge in [0.05, 0.1) is 19.4 Å². The molecule has 1 atom stereocenters. The van der Waals surface area contributed by atoms with Crippen molar-refractivity contribution in [3.63, 3.8) is 0 Å². The molecule has 0 aliphatic heterocycles. The Kier molecular flexibility index (Phi) is 7.08. The van der Waals surface area contributed by atoms with Gasteiger partial charge >= 0.3 is 7.60 Å². The summed E-state index contributed by atoms with van der Waals surface area (Å²) in [5.41, 5.74) is 0.322. The van der Waals surface area contributed by atoms with E-state index >= 15 is 0 Å². The zero-order chi connectivity index (χ0) is 17.8. The quantitative estimate of drug-likeness (QED) is 0.280. The Morgan fingerprint density at radius 2 is 1.44 bits per heavy atom. The third kappa shape index (κ3) is 5.33. The molecule has 146 valence electrons. The highest BCUT2D eigenvalue weighted by molar-refractivity contribution is 7.53. The Hall–Kier alpha value is 0.150. The molecule has 0 radical (unpaired) electrons. The summed E-state index contributed by atoms with van der Waals surface area (Å²) >= 11 is 0. The van der Waals surface area contributed by atoms with Gasteiger partial charge in [0.25, 0.3) is 0 Å². The van der Waals surface area contributed by atoms with Crippen molar-refractivity contribution in [1.29, 1.82) is 0 Å². The maximum atomic E-state index is 13.3. The lowest BCUT2D eigenvalue weighted by atomic mass is 9.50. The Balaban J connectivity index is 1.52. The predicted octanol–water partition coefficient (Wildman–Crippen LogP) is 6.81. The minimum absolute atomic E-state index is 0.322. The van der Waals surface area contributed by atoms with Crippen molar-refractivity contribution in [1.82, 2.24) is 0 Å². The van der Waals surface area contributed by atoms with Gasteiger partial charge in [-0.05, 0) is 74.5 Å². The fourth-order valence-electron chi connectivity index (χ4n) is 5.95. The highest BCUT2D eigenvalue weighted by Gasteiger charge is 2.51. The normalized spacial score (nSPS) is 35.8. The Morgan fingerprint density at radius 1 is 0.840 bits per heavy atom. The van der Waals surface area contributed by atoms with Crippen LogP contribution in [0.2, 0.25) is 0 Å². The molecule has 0 N–H and O–H groups in total. The molecule has 0 aromatic rings. The minimum Gasteiger partial charge on any atom is -0.309 e. The van der Waals surface area contributed by atoms with Crippen molar-refractivity contribution in [2.45, 2.75) is 90.9 Å². The molecule has 4 rings (SSSR count). The standard InChI is InChI=1S/C21H39O3P/c1-3-5-7-8-9-23-25(22,10-6-4-2)24-17-21-14-18-11-19(15-21)13-20(12-18)16-21/h18-20H,3-17H2,1-2H3. The van der Waals surface area contributed by atoms with Crippen molar-refractivity contribution in [2.24, 2.45) is 23.2 Å². The molecule has 3 nitrogen and oxygen atoms in total. The molecule has 0 aromatic carbocycles. The molecule has 0 heterocycles. The van der Waals surface area contributed by atoms with E-state index in [1.54, 1.807) is 0 Å². The molecule has 25 heavy (non-hydrogen) atoms. The van der Waals surface area contributed by atoms with Crippen molar-refractivity contribution in [2.75, 3.05) is 19.4 Å². The van der Waals surface area contributed by atoms with Gasteiger partial charge in [0.1, 0.15) is 0 Å². The third-order valence-electron chi connectivity index (χ3n) is 6.80. The Morgan fingerprint density at radius 3 is 2.00 bits per heavy atom. The van der Waals surface area contributed by atoms with Gasteiger partial charge in [-0.1, -0.05) is 39.5 Å². The molecule has 0 amide bonds. The van der Waals surface area contributed by atoms with Crippen LogP contribution in [0.5, 0.6) is 0 Å². The monoisotopic (exact) mass is 370 g/mol. The van der Waals surface area contributed by atoms with Gasteiger partial charge in [-0.15, -0.1) is 0 Å². The average molecular weight is 371 g/mol. The largest absolute Gasteiger partial charge is 0.330 e. The topological polar surface area (TPSA) is 35.5 Å². The van der Waals surface area contributed by atoms with Gasteiger partial charge in [-0.2, -0.15) is 0 Å². The molecule has 4 saturated carbocycles. The summed E-state index contributed by atoms with van der Waals surface area (Å²) in [5, 5.41) is 0. The zero-order valence-electron chi connectivity index (χ0n) is 16.5. The first-order valence-corrected chi connectivity index (χ1v) is 12.7. The average Bonchev–Trinajstić information content (AvgIpc) is 2.57. The predicted molar refractivity (Wildman–Crippen MR) is 104 cm³/mol. The fourth-order valence-corrected chi connectivity index (χ4v) is 7.87. The zero-order valence-corrected chi connectivity index (χ0v) is 17.4. The summed E-state index contributed by atoms with van der Waals surface area (Å²) in [5.74, 6) is 2.75. The lowest BCUT2D eigenvalue weighted by Gasteiger charge is -2.56. The summed E-state index contributed by atoms with van der Waals surface area (Å²) in [4.78, 5) is 0. The molecular weight excluding hydrogens is 331 g/mol. The van der Waals surface area contributed by atoms with Gasteiger partial charge in [0, 0.05) is 0 Å². The van der Waals surface area contributed by atoms with Gasteiger partial charge in [0.2, 0.25) is 0 Å². The first kappa shape index (κ1) is 19.9. The van der Waals surface area contributed by atoms with Crippen LogP contribution in [-0.2, 0) is 13.6 Å². The number of hydrogen-bond donors (Lipinski definition) is 0. The van der Waals surface area contributed by atoms with Gasteiger partial charge in [0.15, 0.2) is 0 Å². The van der Waals surface area contributed by atoms with Gasteiger partial charge in [-0.25, -0.2) is 0 Å². The van der Waals surface area contributed by atoms with Crippen molar-refractivity contribution < 1.29 is 13.6 Å². The highest BCUT2D eigenvalue weighted by Crippen LogP contribution is 2.61. The first-order valence-electron chi connectivity index (χ1n) is 10.9. The summed E-state index contributed by atoms with van der Waals surface area (Å²) in [6, 6.07) is 0. The van der Waals surface area contributed by atoms with E-state index in [1.807, 2.05) is 0 Å². The van der Waals surface area contributed by atoms with Crippen LogP contribution in [0.4, 0.5) is 0 Å². The molecule has 0 saturated heterocycles. The van der Waals surface area contributed by atoms with Crippen LogP contribution in [-0.4, -0.2) is 19.4 Å². The Labute approximate surface area is 155 Å². The third-order valence-corrected chi connectivity index (χ3v) is 8.77. The van der Waals surface area contributed by atoms with Crippen molar-refractivity contribution >= 4 is 7.60 Å². The van der Waals surface area contributed by atoms with E-state index in [4.69, 9.17) is 9.05 Å². The lowest BCUT2D eigenvalue weighted by molar-refractivity contribution is -0.0766. The summed E-state index contributed by atoms with van der Waals surface area (Å²) in [6.45, 7) is 5.64. The van der Waals surface area contributed by atoms with Crippen molar-refractivity contribution in [3.8, 4) is 0 Å². The van der Waals surface area contributed by atoms with Crippen LogP contribution in [0.1, 0.15) is 90.9 Å². The molecule has 4 aliphatic carbocycles.